The van der Waals surface area contributed by atoms with Crippen molar-refractivity contribution >= 4 is 5.91 Å². The monoisotopic (exact) mass is 317 g/mol. The van der Waals surface area contributed by atoms with Crippen LogP contribution in [0.3, 0.4) is 0 Å². The van der Waals surface area contributed by atoms with Gasteiger partial charge in [0.1, 0.15) is 0 Å². The van der Waals surface area contributed by atoms with Gasteiger partial charge in [-0.15, -0.1) is 10.2 Å². The Labute approximate surface area is 137 Å². The number of aryl methyl sites for hydroxylation is 1. The highest BCUT2D eigenvalue weighted by molar-refractivity contribution is 5.83. The minimum Gasteiger partial charge on any atom is -0.356 e. The first kappa shape index (κ1) is 15.1. The first-order chi connectivity index (χ1) is 10.9. The number of rotatable bonds is 5. The number of nitrogens with one attached hydrogen (secondary N) is 2. The lowest BCUT2D eigenvalue weighted by Gasteiger charge is -2.64. The van der Waals surface area contributed by atoms with Crippen molar-refractivity contribution in [3.8, 4) is 0 Å². The van der Waals surface area contributed by atoms with Crippen LogP contribution in [0, 0.1) is 22.2 Å². The summed E-state index contributed by atoms with van der Waals surface area (Å²) in [5.41, 5.74) is 0.668. The molecule has 0 radical (unpaired) electrons. The van der Waals surface area contributed by atoms with Gasteiger partial charge in [-0.2, -0.15) is 5.21 Å². The van der Waals surface area contributed by atoms with Crippen LogP contribution in [-0.2, 0) is 11.2 Å². The maximum absolute atomic E-state index is 13.0. The Morgan fingerprint density at radius 2 is 1.96 bits per heavy atom. The molecule has 0 spiro atoms. The molecular weight excluding hydrogens is 290 g/mol. The molecule has 2 N–H and O–H groups in total. The number of aromatic amines is 1. The van der Waals surface area contributed by atoms with Crippen LogP contribution in [0.2, 0.25) is 0 Å². The van der Waals surface area contributed by atoms with E-state index in [0.29, 0.717) is 29.1 Å². The third kappa shape index (κ3) is 2.66. The van der Waals surface area contributed by atoms with Gasteiger partial charge >= 0.3 is 0 Å². The zero-order valence-electron chi connectivity index (χ0n) is 14.2. The zero-order chi connectivity index (χ0) is 16.1. The second-order valence-electron chi connectivity index (χ2n) is 9.10. The molecule has 2 unspecified atom stereocenters. The van der Waals surface area contributed by atoms with Crippen LogP contribution in [0.15, 0.2) is 0 Å². The summed E-state index contributed by atoms with van der Waals surface area (Å²) in [6, 6.07) is 0. The number of tetrazole rings is 1. The summed E-state index contributed by atoms with van der Waals surface area (Å²) >= 11 is 0. The predicted molar refractivity (Wildman–Crippen MR) is 85.3 cm³/mol. The standard InChI is InChI=1S/C17H27N5O/c1-15-6-12-7-16(2,9-15)11-17(8-12,10-15)14(23)18-5-3-4-13-19-21-22-20-13/h12H,3-11H2,1-2H3,(H,18,23)(H,19,20,21,22)/t12?,15-,16+,17?. The van der Waals surface area contributed by atoms with Crippen LogP contribution >= 0.6 is 0 Å². The number of aromatic nitrogens is 4. The average molecular weight is 317 g/mol. The van der Waals surface area contributed by atoms with Crippen molar-refractivity contribution in [3.63, 3.8) is 0 Å². The van der Waals surface area contributed by atoms with E-state index < -0.39 is 0 Å². The Kier molecular flexibility index (Phi) is 3.29. The zero-order valence-corrected chi connectivity index (χ0v) is 14.2. The van der Waals surface area contributed by atoms with Crippen LogP contribution in [0.5, 0.6) is 0 Å². The maximum Gasteiger partial charge on any atom is 0.226 e. The topological polar surface area (TPSA) is 83.6 Å². The van der Waals surface area contributed by atoms with Crippen molar-refractivity contribution in [1.29, 1.82) is 0 Å². The quantitative estimate of drug-likeness (QED) is 0.816. The molecule has 126 valence electrons. The van der Waals surface area contributed by atoms with E-state index >= 15 is 0 Å². The van der Waals surface area contributed by atoms with Crippen LogP contribution in [0.1, 0.15) is 64.6 Å². The summed E-state index contributed by atoms with van der Waals surface area (Å²) in [6.07, 6.45) is 8.86. The molecule has 4 aliphatic rings. The molecule has 4 bridgehead atoms. The maximum atomic E-state index is 13.0. The fourth-order valence-corrected chi connectivity index (χ4v) is 6.63. The lowest BCUT2D eigenvalue weighted by Crippen LogP contribution is -2.59. The molecule has 1 aromatic rings. The number of hydrogen-bond acceptors (Lipinski definition) is 4. The van der Waals surface area contributed by atoms with Gasteiger partial charge in [0.25, 0.3) is 0 Å². The number of nitrogens with zero attached hydrogens (tertiary/aromatic N) is 3. The molecule has 4 atom stereocenters. The van der Waals surface area contributed by atoms with E-state index in [1.807, 2.05) is 0 Å². The van der Waals surface area contributed by atoms with E-state index in [1.54, 1.807) is 0 Å². The summed E-state index contributed by atoms with van der Waals surface area (Å²) in [7, 11) is 0. The summed E-state index contributed by atoms with van der Waals surface area (Å²) < 4.78 is 0. The molecule has 4 fully saturated rings. The van der Waals surface area contributed by atoms with Crippen LogP contribution < -0.4 is 5.32 Å². The van der Waals surface area contributed by atoms with Gasteiger partial charge < -0.3 is 5.32 Å². The van der Waals surface area contributed by atoms with Gasteiger partial charge in [-0.1, -0.05) is 19.1 Å². The molecule has 6 nitrogen and oxygen atoms in total. The van der Waals surface area contributed by atoms with Gasteiger partial charge in [-0.3, -0.25) is 4.79 Å². The molecule has 23 heavy (non-hydrogen) atoms. The molecule has 6 heteroatoms. The molecule has 0 aromatic carbocycles. The molecule has 4 saturated carbocycles. The fraction of sp³-hybridized carbons (Fsp3) is 0.882. The Morgan fingerprint density at radius 1 is 1.22 bits per heavy atom. The number of hydrogen-bond donors (Lipinski definition) is 2. The van der Waals surface area contributed by atoms with Gasteiger partial charge in [0.15, 0.2) is 5.82 Å². The number of amides is 1. The molecule has 1 aromatic heterocycles. The first-order valence-electron chi connectivity index (χ1n) is 8.91. The smallest absolute Gasteiger partial charge is 0.226 e. The van der Waals surface area contributed by atoms with Crippen LogP contribution in [-0.4, -0.2) is 33.1 Å². The van der Waals surface area contributed by atoms with Crippen molar-refractivity contribution < 1.29 is 4.79 Å². The molecule has 0 aliphatic heterocycles. The SMILES string of the molecule is C[C@]12CC3CC(C(=O)NCCCc4nn[nH]n4)(C1)C[C@@](C)(C3)C2. The molecule has 5 rings (SSSR count). The Morgan fingerprint density at radius 3 is 2.57 bits per heavy atom. The van der Waals surface area contributed by atoms with E-state index in [1.165, 1.54) is 19.3 Å². The van der Waals surface area contributed by atoms with Crippen LogP contribution in [0.25, 0.3) is 0 Å². The summed E-state index contributed by atoms with van der Waals surface area (Å²) in [6.45, 7) is 5.52. The van der Waals surface area contributed by atoms with Gasteiger partial charge in [-0.05, 0) is 61.7 Å². The fourth-order valence-electron chi connectivity index (χ4n) is 6.63. The third-order valence-electron chi connectivity index (χ3n) is 6.36. The number of carbonyl (C=O) groups is 1. The molecular formula is C17H27N5O. The van der Waals surface area contributed by atoms with Gasteiger partial charge in [0.05, 0.1) is 5.41 Å². The van der Waals surface area contributed by atoms with Crippen LogP contribution in [0.4, 0.5) is 0 Å². The summed E-state index contributed by atoms with van der Waals surface area (Å²) in [5.74, 6) is 1.77. The Bertz CT molecular complexity index is 580. The molecule has 1 heterocycles. The highest BCUT2D eigenvalue weighted by Crippen LogP contribution is 2.69. The van der Waals surface area contributed by atoms with E-state index in [4.69, 9.17) is 0 Å². The highest BCUT2D eigenvalue weighted by Gasteiger charge is 2.62. The van der Waals surface area contributed by atoms with Crippen molar-refractivity contribution in [1.82, 2.24) is 25.9 Å². The van der Waals surface area contributed by atoms with Gasteiger partial charge in [0, 0.05) is 13.0 Å². The van der Waals surface area contributed by atoms with Crippen molar-refractivity contribution in [2.75, 3.05) is 6.54 Å². The van der Waals surface area contributed by atoms with E-state index in [2.05, 4.69) is 39.8 Å². The lowest BCUT2D eigenvalue weighted by atomic mass is 9.40. The van der Waals surface area contributed by atoms with E-state index in [-0.39, 0.29) is 5.41 Å². The number of carbonyl (C=O) groups excluding carboxylic acids is 1. The summed E-state index contributed by atoms with van der Waals surface area (Å²) in [5, 5.41) is 17.1. The second-order valence-corrected chi connectivity index (χ2v) is 9.10. The Balaban J connectivity index is 1.38. The Hall–Kier alpha value is -1.46. The average Bonchev–Trinajstić information content (AvgIpc) is 2.92. The highest BCUT2D eigenvalue weighted by atomic mass is 16.2. The predicted octanol–water partition coefficient (Wildman–Crippen LogP) is 2.25. The first-order valence-corrected chi connectivity index (χ1v) is 8.91. The molecule has 4 aliphatic carbocycles. The van der Waals surface area contributed by atoms with Crippen molar-refractivity contribution in [2.24, 2.45) is 22.2 Å². The minimum atomic E-state index is -0.102. The molecule has 1 amide bonds. The van der Waals surface area contributed by atoms with Gasteiger partial charge in [-0.25, -0.2) is 0 Å². The normalized spacial score (nSPS) is 41.2. The van der Waals surface area contributed by atoms with E-state index in [0.717, 1.165) is 38.0 Å². The third-order valence-corrected chi connectivity index (χ3v) is 6.36. The summed E-state index contributed by atoms with van der Waals surface area (Å²) in [4.78, 5) is 13.0. The minimum absolute atomic E-state index is 0.102. The van der Waals surface area contributed by atoms with Crippen molar-refractivity contribution in [2.45, 2.75) is 65.2 Å². The van der Waals surface area contributed by atoms with Gasteiger partial charge in [0.2, 0.25) is 5.91 Å². The van der Waals surface area contributed by atoms with E-state index in [9.17, 15) is 4.79 Å². The van der Waals surface area contributed by atoms with Crippen molar-refractivity contribution in [3.05, 3.63) is 5.82 Å². The second kappa shape index (κ2) is 5.02. The number of H-pyrrole nitrogens is 1. The molecule has 0 saturated heterocycles. The largest absolute Gasteiger partial charge is 0.356 e. The lowest BCUT2D eigenvalue weighted by molar-refractivity contribution is -0.170.